The number of nitrogens with zero attached hydrogens (tertiary/aromatic N) is 2. The Kier molecular flexibility index (Phi) is 3.06. The van der Waals surface area contributed by atoms with Crippen molar-refractivity contribution in [3.05, 3.63) is 24.3 Å². The molecule has 0 saturated heterocycles. The number of aliphatic hydroxyl groups is 1. The average Bonchev–Trinajstić information content (AvgIpc) is 2.63. The predicted octanol–water partition coefficient (Wildman–Crippen LogP) is 0.480. The Morgan fingerprint density at radius 1 is 1.36 bits per heavy atom. The van der Waals surface area contributed by atoms with Crippen LogP contribution in [0.4, 0.5) is 0 Å². The van der Waals surface area contributed by atoms with E-state index >= 15 is 0 Å². The lowest BCUT2D eigenvalue weighted by atomic mass is 10.2. The molecule has 14 heavy (non-hydrogen) atoms. The zero-order valence-corrected chi connectivity index (χ0v) is 8.06. The van der Waals surface area contributed by atoms with E-state index < -0.39 is 0 Å². The van der Waals surface area contributed by atoms with Crippen LogP contribution in [0.3, 0.4) is 0 Å². The van der Waals surface area contributed by atoms with Crippen molar-refractivity contribution in [2.24, 2.45) is 0 Å². The van der Waals surface area contributed by atoms with Gasteiger partial charge in [-0.05, 0) is 19.3 Å². The first kappa shape index (κ1) is 9.55. The maximum Gasteiger partial charge on any atom is 0.115 e. The number of aromatic nitrogens is 2. The van der Waals surface area contributed by atoms with Crippen molar-refractivity contribution < 1.29 is 5.11 Å². The minimum atomic E-state index is -0.112. The molecule has 4 heteroatoms. The fraction of sp³-hybridized carbons (Fsp3) is 0.600. The Morgan fingerprint density at radius 3 is 2.79 bits per heavy atom. The molecule has 0 bridgehead atoms. The Balaban J connectivity index is 1.78. The Labute approximate surface area is 83.4 Å². The lowest BCUT2D eigenvalue weighted by Gasteiger charge is -2.11. The van der Waals surface area contributed by atoms with Crippen molar-refractivity contribution in [3.8, 4) is 0 Å². The molecule has 1 aromatic heterocycles. The summed E-state index contributed by atoms with van der Waals surface area (Å²) in [4.78, 5) is 7.89. The van der Waals surface area contributed by atoms with Crippen LogP contribution >= 0.6 is 0 Å². The Morgan fingerprint density at radius 2 is 2.14 bits per heavy atom. The summed E-state index contributed by atoms with van der Waals surface area (Å²) in [6.07, 6.45) is 7.89. The van der Waals surface area contributed by atoms with Gasteiger partial charge in [-0.2, -0.15) is 0 Å². The number of aliphatic hydroxyl groups excluding tert-OH is 1. The summed E-state index contributed by atoms with van der Waals surface area (Å²) < 4.78 is 0. The van der Waals surface area contributed by atoms with E-state index in [9.17, 15) is 5.11 Å². The minimum absolute atomic E-state index is 0.112. The van der Waals surface area contributed by atoms with Crippen molar-refractivity contribution in [2.45, 2.75) is 38.0 Å². The first-order valence-electron chi connectivity index (χ1n) is 5.00. The largest absolute Gasteiger partial charge is 0.393 e. The molecule has 2 atom stereocenters. The first-order valence-corrected chi connectivity index (χ1v) is 5.00. The highest BCUT2D eigenvalue weighted by Gasteiger charge is 2.21. The van der Waals surface area contributed by atoms with Crippen LogP contribution in [0.25, 0.3) is 0 Å². The smallest absolute Gasteiger partial charge is 0.115 e. The van der Waals surface area contributed by atoms with Gasteiger partial charge in [0, 0.05) is 30.5 Å². The maximum atomic E-state index is 9.33. The van der Waals surface area contributed by atoms with Gasteiger partial charge in [-0.25, -0.2) is 9.97 Å². The van der Waals surface area contributed by atoms with Gasteiger partial charge in [0.25, 0.3) is 0 Å². The van der Waals surface area contributed by atoms with E-state index in [1.165, 1.54) is 6.33 Å². The second-order valence-corrected chi connectivity index (χ2v) is 3.79. The Hall–Kier alpha value is -1.00. The molecule has 0 aromatic carbocycles. The van der Waals surface area contributed by atoms with Gasteiger partial charge in [-0.1, -0.05) is 0 Å². The fourth-order valence-electron chi connectivity index (χ4n) is 1.83. The minimum Gasteiger partial charge on any atom is -0.393 e. The molecule has 0 unspecified atom stereocenters. The molecule has 1 aliphatic rings. The third-order valence-electron chi connectivity index (χ3n) is 2.61. The standard InChI is InChI=1S/C10H15N3O/c14-10-2-1-9(3-10)13-6-8-4-11-7-12-5-8/h4-5,7,9-10,13-14H,1-3,6H2/t9-,10+/m0/s1. The lowest BCUT2D eigenvalue weighted by Crippen LogP contribution is -2.26. The van der Waals surface area contributed by atoms with Gasteiger partial charge in [-0.3, -0.25) is 0 Å². The van der Waals surface area contributed by atoms with Gasteiger partial charge in [0.1, 0.15) is 6.33 Å². The van der Waals surface area contributed by atoms with Gasteiger partial charge >= 0.3 is 0 Å². The summed E-state index contributed by atoms with van der Waals surface area (Å²) in [6.45, 7) is 0.790. The summed E-state index contributed by atoms with van der Waals surface area (Å²) in [6, 6.07) is 0.449. The van der Waals surface area contributed by atoms with Gasteiger partial charge in [0.05, 0.1) is 6.10 Å². The molecule has 76 valence electrons. The van der Waals surface area contributed by atoms with E-state index in [4.69, 9.17) is 0 Å². The van der Waals surface area contributed by atoms with Crippen molar-refractivity contribution in [1.82, 2.24) is 15.3 Å². The summed E-state index contributed by atoms with van der Waals surface area (Å²) >= 11 is 0. The molecule has 4 nitrogen and oxygen atoms in total. The van der Waals surface area contributed by atoms with E-state index in [0.29, 0.717) is 6.04 Å². The fourth-order valence-corrected chi connectivity index (χ4v) is 1.83. The van der Waals surface area contributed by atoms with Gasteiger partial charge < -0.3 is 10.4 Å². The van der Waals surface area contributed by atoms with Crippen LogP contribution < -0.4 is 5.32 Å². The first-order chi connectivity index (χ1) is 6.84. The molecule has 0 radical (unpaired) electrons. The highest BCUT2D eigenvalue weighted by molar-refractivity contribution is 5.02. The molecule has 1 aromatic rings. The molecule has 0 amide bonds. The molecule has 2 N–H and O–H groups in total. The zero-order valence-electron chi connectivity index (χ0n) is 8.06. The van der Waals surface area contributed by atoms with Crippen LogP contribution in [0.5, 0.6) is 0 Å². The molecule has 1 saturated carbocycles. The van der Waals surface area contributed by atoms with Gasteiger partial charge in [-0.15, -0.1) is 0 Å². The quantitative estimate of drug-likeness (QED) is 0.733. The van der Waals surface area contributed by atoms with Crippen LogP contribution in [0, 0.1) is 0 Å². The second kappa shape index (κ2) is 4.48. The Bertz CT molecular complexity index is 278. The summed E-state index contributed by atoms with van der Waals surface area (Å²) in [5, 5.41) is 12.7. The number of hydrogen-bond donors (Lipinski definition) is 2. The van der Waals surface area contributed by atoms with Crippen LogP contribution in [-0.4, -0.2) is 27.2 Å². The third kappa shape index (κ3) is 2.49. The van der Waals surface area contributed by atoms with Gasteiger partial charge in [0.2, 0.25) is 0 Å². The highest BCUT2D eigenvalue weighted by atomic mass is 16.3. The average molecular weight is 193 g/mol. The zero-order chi connectivity index (χ0) is 9.80. The SMILES string of the molecule is O[C@@H]1CC[C@H](NCc2cncnc2)C1. The van der Waals surface area contributed by atoms with Crippen molar-refractivity contribution in [3.63, 3.8) is 0 Å². The monoisotopic (exact) mass is 193 g/mol. The topological polar surface area (TPSA) is 58.0 Å². The van der Waals surface area contributed by atoms with Crippen LogP contribution in [0.1, 0.15) is 24.8 Å². The predicted molar refractivity (Wildman–Crippen MR) is 52.5 cm³/mol. The van der Waals surface area contributed by atoms with E-state index in [1.807, 2.05) is 12.4 Å². The lowest BCUT2D eigenvalue weighted by molar-refractivity contribution is 0.179. The summed E-state index contributed by atoms with van der Waals surface area (Å²) in [5.41, 5.74) is 1.09. The molecule has 1 fully saturated rings. The number of hydrogen-bond acceptors (Lipinski definition) is 4. The van der Waals surface area contributed by atoms with Gasteiger partial charge in [0.15, 0.2) is 0 Å². The molecule has 0 aliphatic heterocycles. The third-order valence-corrected chi connectivity index (χ3v) is 2.61. The van der Waals surface area contributed by atoms with Crippen molar-refractivity contribution in [2.75, 3.05) is 0 Å². The summed E-state index contributed by atoms with van der Waals surface area (Å²) in [5.74, 6) is 0. The molecule has 2 rings (SSSR count). The van der Waals surface area contributed by atoms with Crippen molar-refractivity contribution >= 4 is 0 Å². The molecule has 1 aliphatic carbocycles. The summed E-state index contributed by atoms with van der Waals surface area (Å²) in [7, 11) is 0. The van der Waals surface area contributed by atoms with Crippen LogP contribution in [0.15, 0.2) is 18.7 Å². The van der Waals surface area contributed by atoms with Crippen LogP contribution in [0.2, 0.25) is 0 Å². The normalized spacial score (nSPS) is 26.6. The van der Waals surface area contributed by atoms with E-state index in [0.717, 1.165) is 31.4 Å². The van der Waals surface area contributed by atoms with E-state index in [2.05, 4.69) is 15.3 Å². The second-order valence-electron chi connectivity index (χ2n) is 3.79. The maximum absolute atomic E-state index is 9.33. The van der Waals surface area contributed by atoms with E-state index in [-0.39, 0.29) is 6.10 Å². The highest BCUT2D eigenvalue weighted by Crippen LogP contribution is 2.18. The molecular weight excluding hydrogens is 178 g/mol. The van der Waals surface area contributed by atoms with Crippen molar-refractivity contribution in [1.29, 1.82) is 0 Å². The molecular formula is C10H15N3O. The molecule has 0 spiro atoms. The van der Waals surface area contributed by atoms with Crippen LogP contribution in [-0.2, 0) is 6.54 Å². The number of rotatable bonds is 3. The van der Waals surface area contributed by atoms with E-state index in [1.54, 1.807) is 0 Å². The number of nitrogens with one attached hydrogen (secondary N) is 1. The molecule has 1 heterocycles.